The molecule has 2 amide bonds. The van der Waals surface area contributed by atoms with E-state index >= 15 is 0 Å². The molecule has 7 heteroatoms. The minimum Gasteiger partial charge on any atom is -0.476 e. The highest BCUT2D eigenvalue weighted by Gasteiger charge is 2.35. The van der Waals surface area contributed by atoms with E-state index in [0.717, 1.165) is 17.8 Å². The number of urea groups is 1. The standard InChI is InChI=1S/C15H18N4O2S/c1-2-21-13-11(4-3-7-16-13)18-15(20)19-12(10-5-6-10)14-17-8-9-22-14/h3-4,7-10,12H,2,5-6H2,1H3,(H2,18,19,20). The molecule has 116 valence electrons. The number of nitrogens with zero attached hydrogens (tertiary/aromatic N) is 2. The Morgan fingerprint density at radius 1 is 1.45 bits per heavy atom. The number of hydrogen-bond acceptors (Lipinski definition) is 5. The number of nitrogens with one attached hydrogen (secondary N) is 2. The number of carbonyl (C=O) groups excluding carboxylic acids is 1. The topological polar surface area (TPSA) is 76.1 Å². The van der Waals surface area contributed by atoms with Crippen LogP contribution in [0, 0.1) is 5.92 Å². The largest absolute Gasteiger partial charge is 0.476 e. The zero-order valence-electron chi connectivity index (χ0n) is 12.3. The molecule has 0 spiro atoms. The Morgan fingerprint density at radius 3 is 3.00 bits per heavy atom. The average Bonchev–Trinajstić information content (AvgIpc) is 3.21. The van der Waals surface area contributed by atoms with Gasteiger partial charge in [-0.3, -0.25) is 0 Å². The lowest BCUT2D eigenvalue weighted by atomic mass is 10.2. The molecule has 0 radical (unpaired) electrons. The minimum atomic E-state index is -0.263. The number of rotatable bonds is 6. The number of thiazole rings is 1. The Bertz CT molecular complexity index is 628. The van der Waals surface area contributed by atoms with Gasteiger partial charge in [-0.1, -0.05) is 0 Å². The van der Waals surface area contributed by atoms with Crippen molar-refractivity contribution in [3.8, 4) is 5.88 Å². The van der Waals surface area contributed by atoms with Crippen molar-refractivity contribution in [2.45, 2.75) is 25.8 Å². The molecule has 1 fully saturated rings. The quantitative estimate of drug-likeness (QED) is 0.857. The number of aromatic nitrogens is 2. The van der Waals surface area contributed by atoms with Gasteiger partial charge in [-0.2, -0.15) is 0 Å². The molecule has 1 aliphatic carbocycles. The molecule has 1 aliphatic rings. The van der Waals surface area contributed by atoms with E-state index in [4.69, 9.17) is 4.74 Å². The number of pyridine rings is 1. The van der Waals surface area contributed by atoms with E-state index in [2.05, 4.69) is 20.6 Å². The molecular formula is C15H18N4O2S. The fourth-order valence-corrected chi connectivity index (χ4v) is 3.02. The van der Waals surface area contributed by atoms with Gasteiger partial charge in [0.05, 0.1) is 12.6 Å². The van der Waals surface area contributed by atoms with E-state index in [9.17, 15) is 4.79 Å². The lowest BCUT2D eigenvalue weighted by molar-refractivity contribution is 0.246. The van der Waals surface area contributed by atoms with Gasteiger partial charge in [0, 0.05) is 17.8 Å². The van der Waals surface area contributed by atoms with Crippen LogP contribution >= 0.6 is 11.3 Å². The van der Waals surface area contributed by atoms with Crippen molar-refractivity contribution in [1.29, 1.82) is 0 Å². The second-order valence-electron chi connectivity index (χ2n) is 5.07. The fraction of sp³-hybridized carbons (Fsp3) is 0.400. The summed E-state index contributed by atoms with van der Waals surface area (Å²) in [5.41, 5.74) is 0.565. The van der Waals surface area contributed by atoms with Crippen LogP contribution in [0.25, 0.3) is 0 Å². The first-order valence-corrected chi connectivity index (χ1v) is 8.20. The summed E-state index contributed by atoms with van der Waals surface area (Å²) in [6, 6.07) is 3.25. The van der Waals surface area contributed by atoms with Crippen LogP contribution in [-0.2, 0) is 0 Å². The molecule has 1 unspecified atom stereocenters. The number of ether oxygens (including phenoxy) is 1. The first-order valence-electron chi connectivity index (χ1n) is 7.32. The predicted molar refractivity (Wildman–Crippen MR) is 85.1 cm³/mol. The zero-order chi connectivity index (χ0) is 15.4. The van der Waals surface area contributed by atoms with Crippen molar-refractivity contribution in [2.24, 2.45) is 5.92 Å². The Kier molecular flexibility index (Phi) is 4.53. The van der Waals surface area contributed by atoms with Crippen molar-refractivity contribution < 1.29 is 9.53 Å². The first-order chi connectivity index (χ1) is 10.8. The third kappa shape index (κ3) is 3.54. The maximum Gasteiger partial charge on any atom is 0.319 e. The van der Waals surface area contributed by atoms with Crippen LogP contribution in [0.4, 0.5) is 10.5 Å². The van der Waals surface area contributed by atoms with Gasteiger partial charge in [0.2, 0.25) is 5.88 Å². The van der Waals surface area contributed by atoms with Crippen LogP contribution in [0.15, 0.2) is 29.9 Å². The molecule has 2 N–H and O–H groups in total. The summed E-state index contributed by atoms with van der Waals surface area (Å²) in [5.74, 6) is 0.912. The smallest absolute Gasteiger partial charge is 0.319 e. The van der Waals surface area contributed by atoms with Gasteiger partial charge < -0.3 is 15.4 Å². The van der Waals surface area contributed by atoms with Gasteiger partial charge in [0.15, 0.2) is 0 Å². The third-order valence-electron chi connectivity index (χ3n) is 3.40. The van der Waals surface area contributed by atoms with Gasteiger partial charge in [0.1, 0.15) is 10.7 Å². The zero-order valence-corrected chi connectivity index (χ0v) is 13.1. The Morgan fingerprint density at radius 2 is 2.32 bits per heavy atom. The summed E-state index contributed by atoms with van der Waals surface area (Å²) < 4.78 is 5.41. The number of amides is 2. The molecular weight excluding hydrogens is 300 g/mol. The minimum absolute atomic E-state index is 0.0211. The summed E-state index contributed by atoms with van der Waals surface area (Å²) in [6.45, 7) is 2.38. The highest BCUT2D eigenvalue weighted by Crippen LogP contribution is 2.41. The maximum absolute atomic E-state index is 12.3. The molecule has 0 aromatic carbocycles. The highest BCUT2D eigenvalue weighted by molar-refractivity contribution is 7.09. The number of hydrogen-bond donors (Lipinski definition) is 2. The monoisotopic (exact) mass is 318 g/mol. The molecule has 0 saturated heterocycles. The van der Waals surface area contributed by atoms with Gasteiger partial charge in [-0.05, 0) is 37.8 Å². The molecule has 0 aliphatic heterocycles. The predicted octanol–water partition coefficient (Wildman–Crippen LogP) is 3.21. The van der Waals surface area contributed by atoms with Gasteiger partial charge in [-0.25, -0.2) is 14.8 Å². The molecule has 2 aromatic heterocycles. The molecule has 1 saturated carbocycles. The molecule has 2 heterocycles. The lowest BCUT2D eigenvalue weighted by Gasteiger charge is -2.17. The maximum atomic E-state index is 12.3. The Labute approximate surface area is 132 Å². The number of anilines is 1. The SMILES string of the molecule is CCOc1ncccc1NC(=O)NC(c1nccs1)C1CC1. The molecule has 3 rings (SSSR count). The van der Waals surface area contributed by atoms with Crippen LogP contribution < -0.4 is 15.4 Å². The van der Waals surface area contributed by atoms with Crippen LogP contribution in [0.2, 0.25) is 0 Å². The van der Waals surface area contributed by atoms with Gasteiger partial charge >= 0.3 is 6.03 Å². The van der Waals surface area contributed by atoms with E-state index in [1.165, 1.54) is 0 Å². The van der Waals surface area contributed by atoms with Crippen LogP contribution in [-0.4, -0.2) is 22.6 Å². The Balaban J connectivity index is 1.67. The summed E-state index contributed by atoms with van der Waals surface area (Å²) in [6.07, 6.45) is 5.66. The van der Waals surface area contributed by atoms with Crippen molar-refractivity contribution in [3.63, 3.8) is 0 Å². The average molecular weight is 318 g/mol. The van der Waals surface area contributed by atoms with E-state index in [0.29, 0.717) is 24.1 Å². The van der Waals surface area contributed by atoms with E-state index in [-0.39, 0.29) is 12.1 Å². The van der Waals surface area contributed by atoms with Gasteiger partial charge in [-0.15, -0.1) is 11.3 Å². The van der Waals surface area contributed by atoms with Crippen LogP contribution in [0.3, 0.4) is 0 Å². The summed E-state index contributed by atoms with van der Waals surface area (Å²) in [7, 11) is 0. The Hall–Kier alpha value is -2.15. The summed E-state index contributed by atoms with van der Waals surface area (Å²) >= 11 is 1.57. The van der Waals surface area contributed by atoms with Crippen molar-refractivity contribution in [1.82, 2.24) is 15.3 Å². The van der Waals surface area contributed by atoms with E-state index in [1.807, 2.05) is 12.3 Å². The summed E-state index contributed by atoms with van der Waals surface area (Å²) in [5, 5.41) is 8.71. The highest BCUT2D eigenvalue weighted by atomic mass is 32.1. The molecule has 2 aromatic rings. The van der Waals surface area contributed by atoms with Crippen molar-refractivity contribution in [2.75, 3.05) is 11.9 Å². The van der Waals surface area contributed by atoms with E-state index < -0.39 is 0 Å². The number of carbonyl (C=O) groups is 1. The molecule has 6 nitrogen and oxygen atoms in total. The summed E-state index contributed by atoms with van der Waals surface area (Å²) in [4.78, 5) is 20.7. The van der Waals surface area contributed by atoms with Crippen LogP contribution in [0.1, 0.15) is 30.8 Å². The fourth-order valence-electron chi connectivity index (χ4n) is 2.24. The third-order valence-corrected chi connectivity index (χ3v) is 4.26. The first kappa shape index (κ1) is 14.8. The molecule has 22 heavy (non-hydrogen) atoms. The second-order valence-corrected chi connectivity index (χ2v) is 6.00. The second kappa shape index (κ2) is 6.74. The van der Waals surface area contributed by atoms with Crippen LogP contribution in [0.5, 0.6) is 5.88 Å². The van der Waals surface area contributed by atoms with E-state index in [1.54, 1.807) is 35.9 Å². The molecule has 1 atom stereocenters. The van der Waals surface area contributed by atoms with Crippen molar-refractivity contribution >= 4 is 23.1 Å². The lowest BCUT2D eigenvalue weighted by Crippen LogP contribution is -2.33. The van der Waals surface area contributed by atoms with Crippen molar-refractivity contribution in [3.05, 3.63) is 34.9 Å². The molecule has 0 bridgehead atoms. The normalized spacial score (nSPS) is 15.1. The van der Waals surface area contributed by atoms with Gasteiger partial charge in [0.25, 0.3) is 0 Å².